The molecule has 2 aromatic heterocycles. The molecule has 28 heavy (non-hydrogen) atoms. The second-order valence-corrected chi connectivity index (χ2v) is 7.91. The van der Waals surface area contributed by atoms with Gasteiger partial charge in [0.1, 0.15) is 0 Å². The lowest BCUT2D eigenvalue weighted by molar-refractivity contribution is 0.664. The number of nitrogens with zero attached hydrogens (tertiary/aromatic N) is 5. The van der Waals surface area contributed by atoms with E-state index in [4.69, 9.17) is 21.7 Å². The zero-order valence-electron chi connectivity index (χ0n) is 14.9. The summed E-state index contributed by atoms with van der Waals surface area (Å²) >= 11 is 9.90. The second kappa shape index (κ2) is 7.35. The Morgan fingerprint density at radius 3 is 2.82 bits per heavy atom. The smallest absolute Gasteiger partial charge is 0.160 e. The lowest BCUT2D eigenvalue weighted by atomic mass is 10.1. The summed E-state index contributed by atoms with van der Waals surface area (Å²) in [6, 6.07) is 14.0. The van der Waals surface area contributed by atoms with Crippen molar-refractivity contribution < 1.29 is 0 Å². The number of imidazole rings is 1. The molecule has 0 bridgehead atoms. The first-order valence-corrected chi connectivity index (χ1v) is 9.77. The Balaban J connectivity index is 0.00000192. The summed E-state index contributed by atoms with van der Waals surface area (Å²) in [6.07, 6.45) is 2.47. The molecule has 0 atom stereocenters. The van der Waals surface area contributed by atoms with Crippen LogP contribution in [0.4, 0.5) is 0 Å². The number of hydrogen-bond acceptors (Lipinski definition) is 3. The van der Waals surface area contributed by atoms with Crippen LogP contribution in [0.25, 0.3) is 17.1 Å². The summed E-state index contributed by atoms with van der Waals surface area (Å²) in [5.74, 6) is 1.62. The lowest BCUT2D eigenvalue weighted by Crippen LogP contribution is -2.06. The van der Waals surface area contributed by atoms with Gasteiger partial charge in [0, 0.05) is 21.5 Å². The number of aryl methyl sites for hydroxylation is 1. The maximum atomic E-state index is 6.32. The van der Waals surface area contributed by atoms with Gasteiger partial charge in [-0.2, -0.15) is 5.10 Å². The molecule has 0 amide bonds. The van der Waals surface area contributed by atoms with E-state index in [9.17, 15) is 0 Å². The van der Waals surface area contributed by atoms with E-state index in [0.29, 0.717) is 13.0 Å². The van der Waals surface area contributed by atoms with Gasteiger partial charge in [-0.25, -0.2) is 14.6 Å². The fourth-order valence-corrected chi connectivity index (χ4v) is 4.05. The highest BCUT2D eigenvalue weighted by Gasteiger charge is 2.24. The van der Waals surface area contributed by atoms with Gasteiger partial charge in [-0.3, -0.25) is 0 Å². The van der Waals surface area contributed by atoms with Crippen molar-refractivity contribution in [2.75, 3.05) is 0 Å². The third-order valence-electron chi connectivity index (χ3n) is 4.86. The molecular weight excluding hydrogens is 461 g/mol. The van der Waals surface area contributed by atoms with E-state index in [0.717, 1.165) is 49.3 Å². The van der Waals surface area contributed by atoms with Crippen molar-refractivity contribution in [1.29, 1.82) is 0 Å². The molecular formula is C20H16BrCl2N5. The Hall–Kier alpha value is -2.15. The van der Waals surface area contributed by atoms with Crippen LogP contribution >= 0.6 is 39.9 Å². The summed E-state index contributed by atoms with van der Waals surface area (Å²) in [6.45, 7) is 2.65. The first-order chi connectivity index (χ1) is 13.1. The molecule has 0 saturated carbocycles. The van der Waals surface area contributed by atoms with Gasteiger partial charge >= 0.3 is 0 Å². The fraction of sp³-hybridized carbons (Fsp3) is 0.150. The summed E-state index contributed by atoms with van der Waals surface area (Å²) in [5.41, 5.74) is 5.23. The van der Waals surface area contributed by atoms with E-state index in [1.165, 1.54) is 0 Å². The van der Waals surface area contributed by atoms with Crippen molar-refractivity contribution in [3.05, 3.63) is 81.1 Å². The van der Waals surface area contributed by atoms with Crippen LogP contribution in [-0.2, 0) is 13.0 Å². The van der Waals surface area contributed by atoms with Gasteiger partial charge in [0.15, 0.2) is 11.6 Å². The van der Waals surface area contributed by atoms with Crippen molar-refractivity contribution >= 4 is 39.9 Å². The Labute approximate surface area is 181 Å². The van der Waals surface area contributed by atoms with Gasteiger partial charge in [0.2, 0.25) is 0 Å². The Morgan fingerprint density at radius 1 is 1.18 bits per heavy atom. The molecule has 8 heteroatoms. The summed E-state index contributed by atoms with van der Waals surface area (Å²) < 4.78 is 5.09. The van der Waals surface area contributed by atoms with E-state index in [1.807, 2.05) is 48.3 Å². The molecule has 0 aliphatic carbocycles. The highest BCUT2D eigenvalue weighted by molar-refractivity contribution is 9.10. The largest absolute Gasteiger partial charge is 0.300 e. The normalized spacial score (nSPS) is 11.8. The maximum Gasteiger partial charge on any atom is 0.160 e. The number of aromatic nitrogens is 5. The summed E-state index contributed by atoms with van der Waals surface area (Å²) in [4.78, 5) is 9.35. The van der Waals surface area contributed by atoms with E-state index in [-0.39, 0.29) is 12.4 Å². The standard InChI is InChI=1S/C20H15BrClN5.ClH/c1-12-18-10-27-20(15-9-14(21)6-7-17(15)26(18)11-23-12)24-19(25-27)8-13-4-2-3-5-16(13)22;/h2-7,9,11H,8,10H2,1H3;1H. The number of halogens is 3. The van der Waals surface area contributed by atoms with Crippen LogP contribution in [0, 0.1) is 6.92 Å². The average molecular weight is 477 g/mol. The first kappa shape index (κ1) is 19.2. The minimum absolute atomic E-state index is 0. The maximum absolute atomic E-state index is 6.32. The molecule has 1 aliphatic heterocycles. The highest BCUT2D eigenvalue weighted by atomic mass is 79.9. The average Bonchev–Trinajstić information content (AvgIpc) is 3.18. The van der Waals surface area contributed by atoms with Crippen molar-refractivity contribution in [3.8, 4) is 17.1 Å². The lowest BCUT2D eigenvalue weighted by Gasteiger charge is -2.08. The van der Waals surface area contributed by atoms with Gasteiger partial charge in [-0.05, 0) is 36.8 Å². The van der Waals surface area contributed by atoms with Crippen LogP contribution in [0.3, 0.4) is 0 Å². The number of benzene rings is 2. The molecule has 142 valence electrons. The van der Waals surface area contributed by atoms with Crippen LogP contribution in [-0.4, -0.2) is 24.3 Å². The molecule has 5 nitrogen and oxygen atoms in total. The van der Waals surface area contributed by atoms with E-state index in [2.05, 4.69) is 37.6 Å². The third-order valence-corrected chi connectivity index (χ3v) is 5.72. The SMILES string of the molecule is Cc1ncn2c1Cn1nc(Cc3ccccc3Cl)nc1-c1cc(Br)ccc1-2.Cl. The predicted molar refractivity (Wildman–Crippen MR) is 116 cm³/mol. The van der Waals surface area contributed by atoms with Crippen LogP contribution in [0.1, 0.15) is 22.8 Å². The van der Waals surface area contributed by atoms with Crippen molar-refractivity contribution in [2.45, 2.75) is 19.9 Å². The third kappa shape index (κ3) is 3.15. The van der Waals surface area contributed by atoms with Crippen LogP contribution < -0.4 is 0 Å². The topological polar surface area (TPSA) is 48.5 Å². The van der Waals surface area contributed by atoms with Crippen molar-refractivity contribution in [3.63, 3.8) is 0 Å². The Morgan fingerprint density at radius 2 is 2.00 bits per heavy atom. The zero-order chi connectivity index (χ0) is 18.5. The van der Waals surface area contributed by atoms with Crippen LogP contribution in [0.2, 0.25) is 5.02 Å². The number of fused-ring (bicyclic) bond motifs is 5. The van der Waals surface area contributed by atoms with Crippen LogP contribution in [0.15, 0.2) is 53.3 Å². The van der Waals surface area contributed by atoms with Gasteiger partial charge < -0.3 is 4.57 Å². The molecule has 0 N–H and O–H groups in total. The second-order valence-electron chi connectivity index (χ2n) is 6.59. The summed E-state index contributed by atoms with van der Waals surface area (Å²) in [7, 11) is 0. The molecule has 0 saturated heterocycles. The van der Waals surface area contributed by atoms with Gasteiger partial charge in [0.05, 0.1) is 29.9 Å². The molecule has 0 unspecified atom stereocenters. The monoisotopic (exact) mass is 475 g/mol. The minimum Gasteiger partial charge on any atom is -0.300 e. The van der Waals surface area contributed by atoms with Gasteiger partial charge in [-0.15, -0.1) is 12.4 Å². The van der Waals surface area contributed by atoms with E-state index < -0.39 is 0 Å². The molecule has 1 aliphatic rings. The molecule has 0 fully saturated rings. The highest BCUT2D eigenvalue weighted by Crippen LogP contribution is 2.33. The van der Waals surface area contributed by atoms with E-state index in [1.54, 1.807) is 0 Å². The van der Waals surface area contributed by atoms with Crippen molar-refractivity contribution in [2.24, 2.45) is 0 Å². The molecule has 4 aromatic rings. The van der Waals surface area contributed by atoms with E-state index >= 15 is 0 Å². The number of rotatable bonds is 2. The fourth-order valence-electron chi connectivity index (χ4n) is 3.49. The Kier molecular flexibility index (Phi) is 5.04. The van der Waals surface area contributed by atoms with Crippen LogP contribution in [0.5, 0.6) is 0 Å². The number of hydrogen-bond donors (Lipinski definition) is 0. The first-order valence-electron chi connectivity index (χ1n) is 8.60. The minimum atomic E-state index is 0. The van der Waals surface area contributed by atoms with Gasteiger partial charge in [0.25, 0.3) is 0 Å². The molecule has 3 heterocycles. The Bertz CT molecular complexity index is 1180. The van der Waals surface area contributed by atoms with Crippen molar-refractivity contribution in [1.82, 2.24) is 24.3 Å². The quantitative estimate of drug-likeness (QED) is 0.350. The molecule has 0 radical (unpaired) electrons. The summed E-state index contributed by atoms with van der Waals surface area (Å²) in [5, 5.41) is 5.52. The van der Waals surface area contributed by atoms with Gasteiger partial charge in [-0.1, -0.05) is 45.7 Å². The zero-order valence-corrected chi connectivity index (χ0v) is 18.1. The predicted octanol–water partition coefficient (Wildman–Crippen LogP) is 5.23. The molecule has 5 rings (SSSR count). The molecule has 0 spiro atoms. The molecule has 2 aromatic carbocycles.